The van der Waals surface area contributed by atoms with Crippen LogP contribution in [0.2, 0.25) is 0 Å². The second-order valence-electron chi connectivity index (χ2n) is 11.0. The highest BCUT2D eigenvalue weighted by molar-refractivity contribution is 5.83. The maximum absolute atomic E-state index is 9.87. The predicted octanol–water partition coefficient (Wildman–Crippen LogP) is 3.34. The summed E-state index contributed by atoms with van der Waals surface area (Å²) >= 11 is 0. The van der Waals surface area contributed by atoms with E-state index in [9.17, 15) is 5.11 Å². The Morgan fingerprint density at radius 3 is 2.44 bits per heavy atom. The van der Waals surface area contributed by atoms with Crippen LogP contribution in [0.25, 0.3) is 11.2 Å². The molecule has 6 rings (SSSR count). The summed E-state index contributed by atoms with van der Waals surface area (Å²) in [5, 5.41) is 9.87. The first-order chi connectivity index (χ1) is 16.4. The predicted molar refractivity (Wildman–Crippen MR) is 126 cm³/mol. The van der Waals surface area contributed by atoms with E-state index in [-0.39, 0.29) is 18.8 Å². The molecule has 5 heterocycles. The monoisotopic (exact) mass is 471 g/mol. The van der Waals surface area contributed by atoms with Gasteiger partial charge in [-0.25, -0.2) is 15.0 Å². The molecule has 1 N–H and O–H groups in total. The van der Waals surface area contributed by atoms with Crippen LogP contribution in [-0.2, 0) is 14.2 Å². The van der Waals surface area contributed by atoms with Crippen molar-refractivity contribution in [1.29, 1.82) is 0 Å². The summed E-state index contributed by atoms with van der Waals surface area (Å²) in [7, 11) is 0. The molecule has 4 fully saturated rings. The number of hydrogen-bond donors (Lipinski definition) is 1. The number of imidazole rings is 1. The second-order valence-corrected chi connectivity index (χ2v) is 11.0. The van der Waals surface area contributed by atoms with Gasteiger partial charge in [0.1, 0.15) is 24.1 Å². The van der Waals surface area contributed by atoms with Crippen molar-refractivity contribution >= 4 is 17.0 Å². The van der Waals surface area contributed by atoms with Crippen molar-refractivity contribution in [1.82, 2.24) is 19.5 Å². The van der Waals surface area contributed by atoms with E-state index in [0.717, 1.165) is 47.7 Å². The molecule has 0 bridgehead atoms. The Labute approximate surface area is 200 Å². The van der Waals surface area contributed by atoms with E-state index < -0.39 is 18.1 Å². The van der Waals surface area contributed by atoms with Crippen LogP contribution in [0, 0.1) is 18.8 Å². The lowest BCUT2D eigenvalue weighted by Crippen LogP contribution is -2.37. The van der Waals surface area contributed by atoms with Crippen LogP contribution in [0.5, 0.6) is 0 Å². The zero-order valence-corrected chi connectivity index (χ0v) is 20.5. The molecule has 2 aromatic heterocycles. The molecule has 186 valence electrons. The molecule has 4 atom stereocenters. The van der Waals surface area contributed by atoms with Crippen molar-refractivity contribution in [3.8, 4) is 0 Å². The molecule has 34 heavy (non-hydrogen) atoms. The SMILES string of the molecule is Cc1nc(N2CCC(C3CCCCC3)CC2)c2ncn(C3OC(CO)C4OC(C)(C)OC43)c2n1. The quantitative estimate of drug-likeness (QED) is 0.726. The molecular formula is C25H37N5O4. The van der Waals surface area contributed by atoms with Crippen LogP contribution >= 0.6 is 0 Å². The van der Waals surface area contributed by atoms with Gasteiger partial charge in [0.05, 0.1) is 12.9 Å². The molecule has 0 spiro atoms. The van der Waals surface area contributed by atoms with Gasteiger partial charge in [-0.1, -0.05) is 32.1 Å². The number of fused-ring (bicyclic) bond motifs is 2. The van der Waals surface area contributed by atoms with Crippen molar-refractivity contribution in [2.24, 2.45) is 11.8 Å². The number of rotatable bonds is 4. The van der Waals surface area contributed by atoms with Crippen LogP contribution in [-0.4, -0.2) is 68.4 Å². The van der Waals surface area contributed by atoms with E-state index in [2.05, 4.69) is 4.90 Å². The molecule has 9 heteroatoms. The minimum Gasteiger partial charge on any atom is -0.394 e. The molecule has 2 aromatic rings. The lowest BCUT2D eigenvalue weighted by Gasteiger charge is -2.38. The van der Waals surface area contributed by atoms with Crippen LogP contribution in [0.4, 0.5) is 5.82 Å². The van der Waals surface area contributed by atoms with Crippen molar-refractivity contribution in [2.75, 3.05) is 24.6 Å². The summed E-state index contributed by atoms with van der Waals surface area (Å²) in [6, 6.07) is 0. The molecule has 1 aliphatic carbocycles. The third-order valence-electron chi connectivity index (χ3n) is 8.25. The maximum Gasteiger partial charge on any atom is 0.167 e. The molecule has 3 saturated heterocycles. The number of anilines is 1. The molecule has 1 saturated carbocycles. The van der Waals surface area contributed by atoms with Gasteiger partial charge in [-0.2, -0.15) is 0 Å². The fourth-order valence-corrected chi connectivity index (χ4v) is 6.63. The Morgan fingerprint density at radius 2 is 1.71 bits per heavy atom. The Balaban J connectivity index is 1.26. The summed E-state index contributed by atoms with van der Waals surface area (Å²) in [6.07, 6.45) is 9.68. The lowest BCUT2D eigenvalue weighted by atomic mass is 9.76. The van der Waals surface area contributed by atoms with E-state index in [0.29, 0.717) is 0 Å². The van der Waals surface area contributed by atoms with Crippen molar-refractivity contribution < 1.29 is 19.3 Å². The van der Waals surface area contributed by atoms with Crippen molar-refractivity contribution in [3.05, 3.63) is 12.2 Å². The highest BCUT2D eigenvalue weighted by atomic mass is 16.8. The number of aryl methyl sites for hydroxylation is 1. The summed E-state index contributed by atoms with van der Waals surface area (Å²) in [5.74, 6) is 2.66. The molecule has 0 amide bonds. The number of aliphatic hydroxyl groups is 1. The van der Waals surface area contributed by atoms with E-state index in [1.54, 1.807) is 6.33 Å². The average Bonchev–Trinajstić information content (AvgIpc) is 3.49. The van der Waals surface area contributed by atoms with Gasteiger partial charge in [0.25, 0.3) is 0 Å². The first-order valence-corrected chi connectivity index (χ1v) is 13.0. The minimum atomic E-state index is -0.722. The van der Waals surface area contributed by atoms with Gasteiger partial charge in [0.15, 0.2) is 29.0 Å². The van der Waals surface area contributed by atoms with E-state index >= 15 is 0 Å². The fraction of sp³-hybridized carbons (Fsp3) is 0.800. The van der Waals surface area contributed by atoms with Crippen molar-refractivity contribution in [3.63, 3.8) is 0 Å². The van der Waals surface area contributed by atoms with Gasteiger partial charge >= 0.3 is 0 Å². The number of piperidine rings is 1. The van der Waals surface area contributed by atoms with Crippen molar-refractivity contribution in [2.45, 2.75) is 96.0 Å². The van der Waals surface area contributed by atoms with E-state index in [1.807, 2.05) is 25.3 Å². The third kappa shape index (κ3) is 3.90. The third-order valence-corrected chi connectivity index (χ3v) is 8.25. The average molecular weight is 472 g/mol. The highest BCUT2D eigenvalue weighted by Gasteiger charge is 2.56. The standard InChI is InChI=1S/C25H37N5O4/c1-15-27-22(29-11-9-17(10-12-29)16-7-5-4-6-8-16)19-23(28-15)30(14-26-19)24-21-20(18(13-31)32-24)33-25(2,3)34-21/h14,16-18,20-21,24,31H,4-13H2,1-3H3. The topological polar surface area (TPSA) is 94.8 Å². The Bertz CT molecular complexity index is 1030. The smallest absolute Gasteiger partial charge is 0.167 e. The molecule has 0 radical (unpaired) electrons. The normalized spacial score (nSPS) is 32.5. The molecule has 0 aromatic carbocycles. The minimum absolute atomic E-state index is 0.126. The first-order valence-electron chi connectivity index (χ1n) is 13.0. The highest BCUT2D eigenvalue weighted by Crippen LogP contribution is 2.44. The number of ether oxygens (including phenoxy) is 3. The number of aliphatic hydroxyl groups excluding tert-OH is 1. The summed E-state index contributed by atoms with van der Waals surface area (Å²) in [5.41, 5.74) is 1.54. The number of aromatic nitrogens is 4. The zero-order chi connectivity index (χ0) is 23.4. The van der Waals surface area contributed by atoms with Gasteiger partial charge in [-0.05, 0) is 45.4 Å². The lowest BCUT2D eigenvalue weighted by molar-refractivity contribution is -0.199. The summed E-state index contributed by atoms with van der Waals surface area (Å²) in [4.78, 5) is 16.7. The Morgan fingerprint density at radius 1 is 1.00 bits per heavy atom. The van der Waals surface area contributed by atoms with E-state index in [4.69, 9.17) is 29.2 Å². The maximum atomic E-state index is 9.87. The number of nitrogens with zero attached hydrogens (tertiary/aromatic N) is 5. The number of hydrogen-bond acceptors (Lipinski definition) is 8. The van der Waals surface area contributed by atoms with Crippen LogP contribution in [0.1, 0.15) is 70.8 Å². The van der Waals surface area contributed by atoms with Gasteiger partial charge < -0.3 is 24.2 Å². The van der Waals surface area contributed by atoms with Crippen LogP contribution in [0.3, 0.4) is 0 Å². The van der Waals surface area contributed by atoms with Gasteiger partial charge in [-0.15, -0.1) is 0 Å². The summed E-state index contributed by atoms with van der Waals surface area (Å²) < 4.78 is 20.3. The molecule has 3 aliphatic heterocycles. The van der Waals surface area contributed by atoms with Gasteiger partial charge in [0, 0.05) is 13.1 Å². The molecular weight excluding hydrogens is 434 g/mol. The van der Waals surface area contributed by atoms with Crippen LogP contribution < -0.4 is 4.90 Å². The van der Waals surface area contributed by atoms with Gasteiger partial charge in [-0.3, -0.25) is 4.57 Å². The second kappa shape index (κ2) is 8.69. The van der Waals surface area contributed by atoms with Crippen LogP contribution in [0.15, 0.2) is 6.33 Å². The Hall–Kier alpha value is -1.81. The fourth-order valence-electron chi connectivity index (χ4n) is 6.63. The summed E-state index contributed by atoms with van der Waals surface area (Å²) in [6.45, 7) is 7.62. The largest absolute Gasteiger partial charge is 0.394 e. The Kier molecular flexibility index (Phi) is 5.79. The van der Waals surface area contributed by atoms with Gasteiger partial charge in [0.2, 0.25) is 0 Å². The first kappa shape index (κ1) is 22.6. The zero-order valence-electron chi connectivity index (χ0n) is 20.5. The molecule has 9 nitrogen and oxygen atoms in total. The molecule has 4 aliphatic rings. The molecule has 4 unspecified atom stereocenters. The van der Waals surface area contributed by atoms with E-state index in [1.165, 1.54) is 44.9 Å².